The number of anilines is 1. The molecule has 2 heterocycles. The summed E-state index contributed by atoms with van der Waals surface area (Å²) in [4.78, 5) is 16.0. The van der Waals surface area contributed by atoms with Crippen LogP contribution in [0, 0.1) is 0 Å². The monoisotopic (exact) mass is 250 g/mol. The van der Waals surface area contributed by atoms with Crippen molar-refractivity contribution < 1.29 is 4.79 Å². The van der Waals surface area contributed by atoms with Gasteiger partial charge in [-0.2, -0.15) is 0 Å². The van der Waals surface area contributed by atoms with Gasteiger partial charge in [0.15, 0.2) is 5.96 Å². The number of hydrogen-bond acceptors (Lipinski definition) is 5. The van der Waals surface area contributed by atoms with Crippen molar-refractivity contribution in [1.82, 2.24) is 20.5 Å². The molecule has 0 aromatic carbocycles. The fourth-order valence-electron chi connectivity index (χ4n) is 1.78. The Labute approximate surface area is 105 Å². The van der Waals surface area contributed by atoms with Gasteiger partial charge in [-0.25, -0.2) is 0 Å². The first-order valence-electron chi connectivity index (χ1n) is 5.89. The number of aliphatic imine (C=N–C) groups is 1. The third kappa shape index (κ3) is 2.93. The summed E-state index contributed by atoms with van der Waals surface area (Å²) >= 11 is 0. The quantitative estimate of drug-likeness (QED) is 0.509. The number of carbonyl (C=O) groups excluding carboxylic acids is 1. The van der Waals surface area contributed by atoms with Crippen molar-refractivity contribution in [1.29, 1.82) is 0 Å². The highest BCUT2D eigenvalue weighted by atomic mass is 16.1. The number of nitrogens with one attached hydrogen (secondary N) is 3. The van der Waals surface area contributed by atoms with Gasteiger partial charge in [0.05, 0.1) is 12.2 Å². The molecule has 7 nitrogen and oxygen atoms in total. The summed E-state index contributed by atoms with van der Waals surface area (Å²) in [6.07, 6.45) is 1.71. The molecule has 0 saturated heterocycles. The van der Waals surface area contributed by atoms with E-state index in [-0.39, 0.29) is 5.91 Å². The second-order valence-corrected chi connectivity index (χ2v) is 4.11. The van der Waals surface area contributed by atoms with E-state index in [0.29, 0.717) is 24.5 Å². The normalized spacial score (nSPS) is 13.9. The molecule has 0 aliphatic carbocycles. The molecule has 2 rings (SSSR count). The lowest BCUT2D eigenvalue weighted by Crippen LogP contribution is -2.39. The summed E-state index contributed by atoms with van der Waals surface area (Å²) in [5, 5.41) is 9.01. The van der Waals surface area contributed by atoms with Gasteiger partial charge in [0.2, 0.25) is 0 Å². The van der Waals surface area contributed by atoms with Crippen LogP contribution >= 0.6 is 0 Å². The molecule has 0 fully saturated rings. The number of guanidine groups is 1. The Morgan fingerprint density at radius 1 is 1.61 bits per heavy atom. The van der Waals surface area contributed by atoms with Crippen LogP contribution in [-0.4, -0.2) is 42.6 Å². The van der Waals surface area contributed by atoms with Gasteiger partial charge in [-0.15, -0.1) is 0 Å². The van der Waals surface area contributed by atoms with Crippen molar-refractivity contribution in [2.24, 2.45) is 12.0 Å². The van der Waals surface area contributed by atoms with Crippen LogP contribution in [0.25, 0.3) is 0 Å². The van der Waals surface area contributed by atoms with E-state index in [0.717, 1.165) is 19.0 Å². The number of aryl methyl sites for hydroxylation is 1. The van der Waals surface area contributed by atoms with E-state index >= 15 is 0 Å². The van der Waals surface area contributed by atoms with Gasteiger partial charge in [-0.3, -0.25) is 9.79 Å². The Kier molecular flexibility index (Phi) is 3.71. The van der Waals surface area contributed by atoms with Crippen molar-refractivity contribution in [3.63, 3.8) is 0 Å². The predicted molar refractivity (Wildman–Crippen MR) is 70.5 cm³/mol. The zero-order valence-corrected chi connectivity index (χ0v) is 10.4. The maximum atomic E-state index is 11.8. The minimum absolute atomic E-state index is 0.127. The Bertz CT molecular complexity index is 464. The summed E-state index contributed by atoms with van der Waals surface area (Å²) in [5.74, 6) is 0.671. The van der Waals surface area contributed by atoms with Crippen molar-refractivity contribution in [2.75, 3.05) is 31.9 Å². The molecular weight excluding hydrogens is 232 g/mol. The fraction of sp³-hybridized carbons (Fsp3) is 0.455. The minimum atomic E-state index is -0.127. The van der Waals surface area contributed by atoms with Gasteiger partial charge in [0.1, 0.15) is 5.69 Å². The first kappa shape index (κ1) is 12.3. The van der Waals surface area contributed by atoms with Gasteiger partial charge in [0.25, 0.3) is 5.91 Å². The van der Waals surface area contributed by atoms with Crippen molar-refractivity contribution >= 4 is 17.6 Å². The number of amides is 1. The van der Waals surface area contributed by atoms with E-state index in [1.807, 2.05) is 0 Å². The molecule has 98 valence electrons. The summed E-state index contributed by atoms with van der Waals surface area (Å²) in [7, 11) is 1.79. The molecule has 1 aromatic rings. The Balaban J connectivity index is 1.73. The zero-order chi connectivity index (χ0) is 13.0. The lowest BCUT2D eigenvalue weighted by atomic mass is 10.4. The number of carbonyl (C=O) groups is 1. The molecule has 0 unspecified atom stereocenters. The molecule has 1 aliphatic rings. The maximum Gasteiger partial charge on any atom is 0.268 e. The second-order valence-electron chi connectivity index (χ2n) is 4.11. The fourth-order valence-corrected chi connectivity index (χ4v) is 1.78. The van der Waals surface area contributed by atoms with E-state index in [2.05, 4.69) is 20.9 Å². The van der Waals surface area contributed by atoms with Crippen LogP contribution in [-0.2, 0) is 7.05 Å². The van der Waals surface area contributed by atoms with Gasteiger partial charge in [-0.05, 0) is 6.07 Å². The average molecular weight is 250 g/mol. The van der Waals surface area contributed by atoms with Crippen molar-refractivity contribution in [3.8, 4) is 0 Å². The van der Waals surface area contributed by atoms with E-state index in [9.17, 15) is 4.79 Å². The number of nitrogen functional groups attached to an aromatic ring is 1. The zero-order valence-electron chi connectivity index (χ0n) is 10.4. The van der Waals surface area contributed by atoms with Crippen LogP contribution in [0.5, 0.6) is 0 Å². The molecule has 18 heavy (non-hydrogen) atoms. The Hall–Kier alpha value is -2.18. The minimum Gasteiger partial charge on any atom is -0.397 e. The van der Waals surface area contributed by atoms with Crippen molar-refractivity contribution in [3.05, 3.63) is 18.0 Å². The summed E-state index contributed by atoms with van der Waals surface area (Å²) in [6, 6.07) is 1.66. The largest absolute Gasteiger partial charge is 0.397 e. The number of nitrogens with zero attached hydrogens (tertiary/aromatic N) is 2. The summed E-state index contributed by atoms with van der Waals surface area (Å²) < 4.78 is 1.71. The van der Waals surface area contributed by atoms with Crippen LogP contribution in [0.15, 0.2) is 17.3 Å². The molecule has 0 bridgehead atoms. The summed E-state index contributed by atoms with van der Waals surface area (Å²) in [5.41, 5.74) is 6.76. The number of hydrogen-bond donors (Lipinski definition) is 4. The molecule has 1 aromatic heterocycles. The van der Waals surface area contributed by atoms with Crippen LogP contribution < -0.4 is 21.7 Å². The molecule has 0 spiro atoms. The lowest BCUT2D eigenvalue weighted by Gasteiger charge is -2.08. The van der Waals surface area contributed by atoms with E-state index in [1.54, 1.807) is 23.9 Å². The second kappa shape index (κ2) is 5.44. The smallest absolute Gasteiger partial charge is 0.268 e. The van der Waals surface area contributed by atoms with Gasteiger partial charge < -0.3 is 26.3 Å². The number of rotatable bonds is 4. The maximum absolute atomic E-state index is 11.8. The molecule has 1 aliphatic heterocycles. The van der Waals surface area contributed by atoms with Crippen LogP contribution in [0.1, 0.15) is 10.5 Å². The molecule has 5 N–H and O–H groups in total. The predicted octanol–water partition coefficient (Wildman–Crippen LogP) is -1.11. The van der Waals surface area contributed by atoms with E-state index in [1.165, 1.54) is 0 Å². The SMILES string of the molecule is Cn1cc(N)cc1C(=O)NCCNC1=NCCN1. The van der Waals surface area contributed by atoms with Gasteiger partial charge in [0, 0.05) is 32.9 Å². The number of aromatic nitrogens is 1. The standard InChI is InChI=1S/C11H18N6O/c1-17-7-8(12)6-9(17)10(18)13-2-3-14-11-15-4-5-16-11/h6-7H,2-5,12H2,1H3,(H,13,18)(H2,14,15,16). The van der Waals surface area contributed by atoms with Crippen LogP contribution in [0.2, 0.25) is 0 Å². The molecule has 0 atom stereocenters. The third-order valence-corrected chi connectivity index (χ3v) is 2.64. The van der Waals surface area contributed by atoms with Crippen molar-refractivity contribution in [2.45, 2.75) is 0 Å². The third-order valence-electron chi connectivity index (χ3n) is 2.64. The molecule has 7 heteroatoms. The first-order valence-corrected chi connectivity index (χ1v) is 5.89. The molecule has 1 amide bonds. The van der Waals surface area contributed by atoms with E-state index < -0.39 is 0 Å². The molecular formula is C11H18N6O. The molecule has 0 saturated carbocycles. The highest BCUT2D eigenvalue weighted by Gasteiger charge is 2.10. The topological polar surface area (TPSA) is 96.5 Å². The number of nitrogens with two attached hydrogens (primary N) is 1. The molecule has 0 radical (unpaired) electrons. The Morgan fingerprint density at radius 3 is 3.06 bits per heavy atom. The lowest BCUT2D eigenvalue weighted by molar-refractivity contribution is 0.0946. The van der Waals surface area contributed by atoms with Crippen LogP contribution in [0.3, 0.4) is 0 Å². The Morgan fingerprint density at radius 2 is 2.44 bits per heavy atom. The summed E-state index contributed by atoms with van der Waals surface area (Å²) in [6.45, 7) is 2.84. The first-order chi connectivity index (χ1) is 8.66. The highest BCUT2D eigenvalue weighted by Crippen LogP contribution is 2.07. The van der Waals surface area contributed by atoms with Gasteiger partial charge in [-0.1, -0.05) is 0 Å². The average Bonchev–Trinajstić information content (AvgIpc) is 2.94. The highest BCUT2D eigenvalue weighted by molar-refractivity contribution is 5.93. The van der Waals surface area contributed by atoms with Gasteiger partial charge >= 0.3 is 0 Å². The van der Waals surface area contributed by atoms with Crippen LogP contribution in [0.4, 0.5) is 5.69 Å². The van der Waals surface area contributed by atoms with E-state index in [4.69, 9.17) is 5.73 Å².